The van der Waals surface area contributed by atoms with Gasteiger partial charge in [-0.2, -0.15) is 0 Å². The van der Waals surface area contributed by atoms with E-state index in [-0.39, 0.29) is 6.61 Å². The van der Waals surface area contributed by atoms with Gasteiger partial charge in [0.15, 0.2) is 0 Å². The number of rotatable bonds is 9. The van der Waals surface area contributed by atoms with Crippen molar-refractivity contribution in [2.24, 2.45) is 5.73 Å². The van der Waals surface area contributed by atoms with Gasteiger partial charge >= 0.3 is 0 Å². The van der Waals surface area contributed by atoms with E-state index in [1.165, 1.54) is 0 Å². The zero-order valence-corrected chi connectivity index (χ0v) is 13.1. The summed E-state index contributed by atoms with van der Waals surface area (Å²) in [5.74, 6) is 1.33. The monoisotopic (exact) mass is 296 g/mol. The molecule has 21 heavy (non-hydrogen) atoms. The first-order valence-corrected chi connectivity index (χ1v) is 6.86. The summed E-state index contributed by atoms with van der Waals surface area (Å²) in [6.07, 6.45) is 0.899. The second kappa shape index (κ2) is 7.73. The lowest BCUT2D eigenvalue weighted by Crippen LogP contribution is -2.57. The molecule has 1 atom stereocenters. The predicted octanol–water partition coefficient (Wildman–Crippen LogP) is 1.33. The van der Waals surface area contributed by atoms with Crippen molar-refractivity contribution in [1.29, 1.82) is 0 Å². The molecule has 0 aliphatic heterocycles. The van der Waals surface area contributed by atoms with E-state index in [4.69, 9.17) is 19.9 Å². The van der Waals surface area contributed by atoms with Crippen molar-refractivity contribution in [2.45, 2.75) is 25.8 Å². The number of benzene rings is 1. The Morgan fingerprint density at radius 1 is 1.19 bits per heavy atom. The van der Waals surface area contributed by atoms with E-state index >= 15 is 0 Å². The third-order valence-corrected chi connectivity index (χ3v) is 3.16. The van der Waals surface area contributed by atoms with Gasteiger partial charge in [-0.3, -0.25) is 4.79 Å². The highest BCUT2D eigenvalue weighted by molar-refractivity contribution is 5.84. The van der Waals surface area contributed by atoms with Gasteiger partial charge in [-0.25, -0.2) is 0 Å². The summed E-state index contributed by atoms with van der Waals surface area (Å²) in [5.41, 5.74) is 4.53. The topological polar surface area (TPSA) is 82.8 Å². The van der Waals surface area contributed by atoms with Crippen LogP contribution in [0.1, 0.15) is 20.3 Å². The van der Waals surface area contributed by atoms with E-state index in [2.05, 4.69) is 5.32 Å². The van der Waals surface area contributed by atoms with Gasteiger partial charge in [0, 0.05) is 18.2 Å². The molecular weight excluding hydrogens is 272 g/mol. The highest BCUT2D eigenvalue weighted by Crippen LogP contribution is 2.27. The lowest BCUT2D eigenvalue weighted by molar-refractivity contribution is -0.125. The van der Waals surface area contributed by atoms with Gasteiger partial charge in [0.1, 0.15) is 29.4 Å². The molecule has 1 aromatic rings. The Morgan fingerprint density at radius 3 is 2.14 bits per heavy atom. The molecule has 0 fully saturated rings. The van der Waals surface area contributed by atoms with Crippen LogP contribution in [0.3, 0.4) is 0 Å². The SMILES string of the molecule is CCCNC(C)(COc1cc(OC)cc(OC)c1)C(N)=O. The zero-order chi connectivity index (χ0) is 15.9. The Morgan fingerprint density at radius 2 is 1.71 bits per heavy atom. The first kappa shape index (κ1) is 17.1. The minimum absolute atomic E-state index is 0.124. The quantitative estimate of drug-likeness (QED) is 0.718. The minimum atomic E-state index is -0.924. The first-order valence-electron chi connectivity index (χ1n) is 6.86. The third kappa shape index (κ3) is 4.82. The molecule has 0 saturated carbocycles. The predicted molar refractivity (Wildman–Crippen MR) is 80.9 cm³/mol. The zero-order valence-electron chi connectivity index (χ0n) is 13.1. The average Bonchev–Trinajstić information content (AvgIpc) is 2.50. The number of nitrogens with two attached hydrogens (primary N) is 1. The maximum Gasteiger partial charge on any atom is 0.240 e. The van der Waals surface area contributed by atoms with Gasteiger partial charge in [0.2, 0.25) is 5.91 Å². The van der Waals surface area contributed by atoms with Crippen LogP contribution in [0.25, 0.3) is 0 Å². The lowest BCUT2D eigenvalue weighted by atomic mass is 10.0. The van der Waals surface area contributed by atoms with Gasteiger partial charge in [0.25, 0.3) is 0 Å². The molecule has 0 spiro atoms. The number of carbonyl (C=O) groups is 1. The molecule has 0 saturated heterocycles. The minimum Gasteiger partial charge on any atom is -0.496 e. The standard InChI is InChI=1S/C15H24N2O4/c1-5-6-17-15(2,14(16)18)10-21-13-8-11(19-3)7-12(9-13)20-4/h7-9,17H,5-6,10H2,1-4H3,(H2,16,18). The second-order valence-corrected chi connectivity index (χ2v) is 4.96. The Labute approximate surface area is 125 Å². The second-order valence-electron chi connectivity index (χ2n) is 4.96. The van der Waals surface area contributed by atoms with Crippen LogP contribution in [0, 0.1) is 0 Å². The maximum atomic E-state index is 11.6. The summed E-state index contributed by atoms with van der Waals surface area (Å²) in [7, 11) is 3.13. The Hall–Kier alpha value is -1.95. The number of nitrogens with one attached hydrogen (secondary N) is 1. The molecule has 6 heteroatoms. The number of hydrogen-bond acceptors (Lipinski definition) is 5. The van der Waals surface area contributed by atoms with Crippen LogP contribution in [-0.2, 0) is 4.79 Å². The Bertz CT molecular complexity index is 456. The van der Waals surface area contributed by atoms with Crippen molar-refractivity contribution >= 4 is 5.91 Å². The van der Waals surface area contributed by atoms with E-state index < -0.39 is 11.4 Å². The molecule has 1 unspecified atom stereocenters. The molecule has 1 amide bonds. The van der Waals surface area contributed by atoms with Crippen LogP contribution in [0.4, 0.5) is 0 Å². The summed E-state index contributed by atoms with van der Waals surface area (Å²) >= 11 is 0. The number of methoxy groups -OCH3 is 2. The number of ether oxygens (including phenoxy) is 3. The Balaban J connectivity index is 2.82. The molecule has 0 bridgehead atoms. The summed E-state index contributed by atoms with van der Waals surface area (Å²) in [4.78, 5) is 11.6. The molecule has 6 nitrogen and oxygen atoms in total. The molecule has 0 aromatic heterocycles. The molecule has 118 valence electrons. The smallest absolute Gasteiger partial charge is 0.240 e. The van der Waals surface area contributed by atoms with Crippen LogP contribution < -0.4 is 25.3 Å². The molecule has 3 N–H and O–H groups in total. The van der Waals surface area contributed by atoms with Gasteiger partial charge in [0.05, 0.1) is 14.2 Å². The van der Waals surface area contributed by atoms with Gasteiger partial charge in [-0.15, -0.1) is 0 Å². The fourth-order valence-electron chi connectivity index (χ4n) is 1.70. The number of hydrogen-bond donors (Lipinski definition) is 2. The van der Waals surface area contributed by atoms with Crippen LogP contribution >= 0.6 is 0 Å². The number of amides is 1. The average molecular weight is 296 g/mol. The van der Waals surface area contributed by atoms with Crippen LogP contribution in [-0.4, -0.2) is 38.8 Å². The normalized spacial score (nSPS) is 13.3. The van der Waals surface area contributed by atoms with Crippen molar-refractivity contribution in [3.05, 3.63) is 18.2 Å². The van der Waals surface area contributed by atoms with Crippen molar-refractivity contribution < 1.29 is 19.0 Å². The first-order chi connectivity index (χ1) is 9.95. The largest absolute Gasteiger partial charge is 0.496 e. The van der Waals surface area contributed by atoms with E-state index in [0.29, 0.717) is 23.8 Å². The van der Waals surface area contributed by atoms with Gasteiger partial charge in [-0.05, 0) is 19.9 Å². The van der Waals surface area contributed by atoms with Gasteiger partial charge in [-0.1, -0.05) is 6.92 Å². The van der Waals surface area contributed by atoms with Crippen LogP contribution in [0.2, 0.25) is 0 Å². The highest BCUT2D eigenvalue weighted by Gasteiger charge is 2.31. The van der Waals surface area contributed by atoms with E-state index in [1.54, 1.807) is 39.3 Å². The summed E-state index contributed by atoms with van der Waals surface area (Å²) in [5, 5.41) is 3.11. The summed E-state index contributed by atoms with van der Waals surface area (Å²) in [6.45, 7) is 4.55. The molecule has 0 heterocycles. The summed E-state index contributed by atoms with van der Waals surface area (Å²) < 4.78 is 16.0. The van der Waals surface area contributed by atoms with Crippen molar-refractivity contribution in [3.8, 4) is 17.2 Å². The fraction of sp³-hybridized carbons (Fsp3) is 0.533. The van der Waals surface area contributed by atoms with Crippen LogP contribution in [0.15, 0.2) is 18.2 Å². The molecule has 0 aliphatic carbocycles. The van der Waals surface area contributed by atoms with E-state index in [1.807, 2.05) is 6.92 Å². The Kier molecular flexibility index (Phi) is 6.30. The highest BCUT2D eigenvalue weighted by atomic mass is 16.5. The summed E-state index contributed by atoms with van der Waals surface area (Å²) in [6, 6.07) is 5.20. The molecule has 1 aromatic carbocycles. The van der Waals surface area contributed by atoms with E-state index in [9.17, 15) is 4.79 Å². The third-order valence-electron chi connectivity index (χ3n) is 3.16. The maximum absolute atomic E-state index is 11.6. The van der Waals surface area contributed by atoms with Gasteiger partial charge < -0.3 is 25.3 Å². The number of carbonyl (C=O) groups excluding carboxylic acids is 1. The molecular formula is C15H24N2O4. The van der Waals surface area contributed by atoms with Crippen LogP contribution in [0.5, 0.6) is 17.2 Å². The fourth-order valence-corrected chi connectivity index (χ4v) is 1.70. The van der Waals surface area contributed by atoms with Crippen molar-refractivity contribution in [3.63, 3.8) is 0 Å². The molecule has 1 rings (SSSR count). The molecule has 0 radical (unpaired) electrons. The van der Waals surface area contributed by atoms with E-state index in [0.717, 1.165) is 6.42 Å². The number of primary amides is 1. The van der Waals surface area contributed by atoms with Crippen molar-refractivity contribution in [1.82, 2.24) is 5.32 Å². The van der Waals surface area contributed by atoms with Crippen molar-refractivity contribution in [2.75, 3.05) is 27.4 Å². The molecule has 0 aliphatic rings. The lowest BCUT2D eigenvalue weighted by Gasteiger charge is -2.27.